The van der Waals surface area contributed by atoms with Crippen molar-refractivity contribution >= 4 is 68.7 Å². The van der Waals surface area contributed by atoms with E-state index in [0.29, 0.717) is 10.6 Å². The molecule has 0 aromatic heterocycles. The van der Waals surface area contributed by atoms with E-state index < -0.39 is 0 Å². The second kappa shape index (κ2) is 6.76. The number of benzene rings is 2. The molecule has 2 N–H and O–H groups in total. The second-order valence-electron chi connectivity index (χ2n) is 3.70. The van der Waals surface area contributed by atoms with Crippen molar-refractivity contribution in [1.29, 1.82) is 0 Å². The summed E-state index contributed by atoms with van der Waals surface area (Å²) in [6, 6.07) is 11.0. The van der Waals surface area contributed by atoms with Gasteiger partial charge in [-0.2, -0.15) is 5.10 Å². The van der Waals surface area contributed by atoms with Crippen LogP contribution in [0.15, 0.2) is 41.5 Å². The number of phenols is 1. The van der Waals surface area contributed by atoms with Crippen LogP contribution in [0.1, 0.15) is 5.56 Å². The highest BCUT2D eigenvalue weighted by Crippen LogP contribution is 2.25. The minimum absolute atomic E-state index is 0.239. The number of hydrazone groups is 1. The van der Waals surface area contributed by atoms with E-state index in [4.69, 9.17) is 11.6 Å². The van der Waals surface area contributed by atoms with Crippen molar-refractivity contribution in [1.82, 2.24) is 0 Å². The first-order valence-electron chi connectivity index (χ1n) is 5.29. The Hall–Kier alpha value is -0.540. The SMILES string of the molecule is Oc1c(I)cc(I)cc1C=NNc1ccc(Cl)cc1. The van der Waals surface area contributed by atoms with E-state index in [1.807, 2.05) is 24.3 Å². The molecule has 0 unspecified atom stereocenters. The smallest absolute Gasteiger partial charge is 0.137 e. The lowest BCUT2D eigenvalue weighted by Gasteiger charge is -2.03. The highest BCUT2D eigenvalue weighted by molar-refractivity contribution is 14.1. The van der Waals surface area contributed by atoms with Crippen LogP contribution in [-0.2, 0) is 0 Å². The zero-order valence-corrected chi connectivity index (χ0v) is 14.6. The van der Waals surface area contributed by atoms with Gasteiger partial charge in [0.2, 0.25) is 0 Å². The average molecular weight is 498 g/mol. The summed E-state index contributed by atoms with van der Waals surface area (Å²) in [6.07, 6.45) is 1.59. The van der Waals surface area contributed by atoms with Gasteiger partial charge in [-0.05, 0) is 81.6 Å². The molecule has 2 aromatic carbocycles. The summed E-state index contributed by atoms with van der Waals surface area (Å²) in [5.41, 5.74) is 4.39. The highest BCUT2D eigenvalue weighted by atomic mass is 127. The van der Waals surface area contributed by atoms with Gasteiger partial charge < -0.3 is 5.11 Å². The lowest BCUT2D eigenvalue weighted by atomic mass is 10.2. The standard InChI is InChI=1S/C13H9ClI2N2O/c14-9-1-3-11(4-2-9)18-17-7-8-5-10(15)6-12(16)13(8)19/h1-7,18-19H. The Bertz CT molecular complexity index is 615. The molecule has 0 atom stereocenters. The summed E-state index contributed by atoms with van der Waals surface area (Å²) in [5.74, 6) is 0.239. The molecule has 0 aliphatic rings. The quantitative estimate of drug-likeness (QED) is 0.366. The topological polar surface area (TPSA) is 44.6 Å². The van der Waals surface area contributed by atoms with Crippen molar-refractivity contribution in [3.05, 3.63) is 54.1 Å². The maximum Gasteiger partial charge on any atom is 0.137 e. The molecular formula is C13H9ClI2N2O. The molecule has 0 radical (unpaired) electrons. The fourth-order valence-electron chi connectivity index (χ4n) is 1.39. The van der Waals surface area contributed by atoms with Gasteiger partial charge >= 0.3 is 0 Å². The summed E-state index contributed by atoms with van der Waals surface area (Å²) in [7, 11) is 0. The average Bonchev–Trinajstić information content (AvgIpc) is 2.37. The van der Waals surface area contributed by atoms with E-state index in [1.54, 1.807) is 18.3 Å². The van der Waals surface area contributed by atoms with E-state index in [0.717, 1.165) is 12.8 Å². The zero-order valence-electron chi connectivity index (χ0n) is 9.57. The Morgan fingerprint density at radius 1 is 1.16 bits per heavy atom. The van der Waals surface area contributed by atoms with Crippen LogP contribution in [0.5, 0.6) is 5.75 Å². The number of hydrogen-bond donors (Lipinski definition) is 2. The van der Waals surface area contributed by atoms with Gasteiger partial charge in [-0.3, -0.25) is 5.43 Å². The Labute approximate surface area is 143 Å². The number of nitrogens with one attached hydrogen (secondary N) is 1. The maximum atomic E-state index is 9.91. The molecule has 0 bridgehead atoms. The first kappa shape index (κ1) is 14.9. The molecule has 0 fully saturated rings. The summed E-state index contributed by atoms with van der Waals surface area (Å²) in [4.78, 5) is 0. The summed E-state index contributed by atoms with van der Waals surface area (Å²) < 4.78 is 1.85. The molecule has 2 aromatic rings. The molecule has 0 spiro atoms. The Kier molecular flexibility index (Phi) is 5.28. The fraction of sp³-hybridized carbons (Fsp3) is 0. The Balaban J connectivity index is 2.13. The number of halogens is 3. The van der Waals surface area contributed by atoms with Gasteiger partial charge in [0.15, 0.2) is 0 Å². The van der Waals surface area contributed by atoms with Crippen LogP contribution in [0.4, 0.5) is 5.69 Å². The summed E-state index contributed by atoms with van der Waals surface area (Å²) in [6.45, 7) is 0. The molecular weight excluding hydrogens is 489 g/mol. The van der Waals surface area contributed by atoms with Crippen LogP contribution in [-0.4, -0.2) is 11.3 Å². The van der Waals surface area contributed by atoms with Crippen LogP contribution in [0, 0.1) is 7.14 Å². The first-order valence-corrected chi connectivity index (χ1v) is 7.82. The van der Waals surface area contributed by atoms with Crippen molar-refractivity contribution in [2.75, 3.05) is 5.43 Å². The van der Waals surface area contributed by atoms with Gasteiger partial charge in [0, 0.05) is 14.2 Å². The normalized spacial score (nSPS) is 10.9. The highest BCUT2D eigenvalue weighted by Gasteiger charge is 2.04. The molecule has 0 aliphatic carbocycles. The first-order chi connectivity index (χ1) is 9.06. The van der Waals surface area contributed by atoms with Crippen molar-refractivity contribution < 1.29 is 5.11 Å². The molecule has 0 aliphatic heterocycles. The number of rotatable bonds is 3. The van der Waals surface area contributed by atoms with Crippen LogP contribution in [0.25, 0.3) is 0 Å². The molecule has 2 rings (SSSR count). The van der Waals surface area contributed by atoms with E-state index in [2.05, 4.69) is 55.7 Å². The lowest BCUT2D eigenvalue weighted by molar-refractivity contribution is 0.470. The second-order valence-corrected chi connectivity index (χ2v) is 6.55. The third-order valence-corrected chi connectivity index (χ3v) is 4.00. The number of nitrogens with zero attached hydrogens (tertiary/aromatic N) is 1. The van der Waals surface area contributed by atoms with E-state index in [-0.39, 0.29) is 5.75 Å². The third-order valence-electron chi connectivity index (χ3n) is 2.30. The molecule has 0 saturated heterocycles. The fourth-order valence-corrected chi connectivity index (χ4v) is 3.40. The number of phenolic OH excluding ortho intramolecular Hbond substituents is 1. The molecule has 3 nitrogen and oxygen atoms in total. The minimum atomic E-state index is 0.239. The van der Waals surface area contributed by atoms with Crippen LogP contribution in [0.3, 0.4) is 0 Å². The molecule has 0 saturated carbocycles. The van der Waals surface area contributed by atoms with Gasteiger partial charge in [0.1, 0.15) is 5.75 Å². The molecule has 19 heavy (non-hydrogen) atoms. The van der Waals surface area contributed by atoms with E-state index >= 15 is 0 Å². The van der Waals surface area contributed by atoms with Crippen molar-refractivity contribution in [3.63, 3.8) is 0 Å². The predicted octanol–water partition coefficient (Wildman–Crippen LogP) is 4.70. The molecule has 0 amide bonds. The maximum absolute atomic E-state index is 9.91. The number of hydrogen-bond acceptors (Lipinski definition) is 3. The van der Waals surface area contributed by atoms with Crippen LogP contribution >= 0.6 is 56.8 Å². The monoisotopic (exact) mass is 498 g/mol. The zero-order chi connectivity index (χ0) is 13.8. The molecule has 0 heterocycles. The minimum Gasteiger partial charge on any atom is -0.506 e. The summed E-state index contributed by atoms with van der Waals surface area (Å²) in [5, 5.41) is 14.7. The predicted molar refractivity (Wildman–Crippen MR) is 96.2 cm³/mol. The Morgan fingerprint density at radius 2 is 1.84 bits per heavy atom. The largest absolute Gasteiger partial charge is 0.506 e. The van der Waals surface area contributed by atoms with Crippen molar-refractivity contribution in [2.24, 2.45) is 5.10 Å². The number of anilines is 1. The van der Waals surface area contributed by atoms with Gasteiger partial charge in [0.25, 0.3) is 0 Å². The van der Waals surface area contributed by atoms with Crippen molar-refractivity contribution in [2.45, 2.75) is 0 Å². The van der Waals surface area contributed by atoms with E-state index in [1.165, 1.54) is 0 Å². The third kappa shape index (κ3) is 4.22. The molecule has 98 valence electrons. The summed E-state index contributed by atoms with van der Waals surface area (Å²) >= 11 is 10.1. The lowest BCUT2D eigenvalue weighted by Crippen LogP contribution is -1.92. The van der Waals surface area contributed by atoms with Gasteiger partial charge in [-0.15, -0.1) is 0 Å². The number of aromatic hydroxyl groups is 1. The van der Waals surface area contributed by atoms with E-state index in [9.17, 15) is 5.11 Å². The van der Waals surface area contributed by atoms with Gasteiger partial charge in [-0.25, -0.2) is 0 Å². The van der Waals surface area contributed by atoms with Gasteiger partial charge in [-0.1, -0.05) is 11.6 Å². The van der Waals surface area contributed by atoms with Crippen LogP contribution in [0.2, 0.25) is 5.02 Å². The molecule has 6 heteroatoms. The van der Waals surface area contributed by atoms with Crippen molar-refractivity contribution in [3.8, 4) is 5.75 Å². The Morgan fingerprint density at radius 3 is 2.53 bits per heavy atom. The van der Waals surface area contributed by atoms with Crippen LogP contribution < -0.4 is 5.43 Å². The van der Waals surface area contributed by atoms with Gasteiger partial charge in [0.05, 0.1) is 15.5 Å².